The van der Waals surface area contributed by atoms with Crippen molar-refractivity contribution in [3.63, 3.8) is 0 Å². The van der Waals surface area contributed by atoms with E-state index in [9.17, 15) is 22.8 Å². The van der Waals surface area contributed by atoms with Crippen LogP contribution in [0.15, 0.2) is 28.5 Å². The third-order valence-corrected chi connectivity index (χ3v) is 3.00. The van der Waals surface area contributed by atoms with Crippen molar-refractivity contribution in [1.82, 2.24) is 10.3 Å². The molecule has 1 aromatic carbocycles. The van der Waals surface area contributed by atoms with Gasteiger partial charge in [0.05, 0.1) is 12.2 Å². The first-order valence-corrected chi connectivity index (χ1v) is 6.97. The normalized spacial score (nSPS) is 11.3. The Morgan fingerprint density at radius 1 is 1.20 bits per heavy atom. The second kappa shape index (κ2) is 7.60. The predicted molar refractivity (Wildman–Crippen MR) is 78.0 cm³/mol. The highest BCUT2D eigenvalue weighted by molar-refractivity contribution is 6.24. The molecule has 132 valence electrons. The molecule has 25 heavy (non-hydrogen) atoms. The summed E-state index contributed by atoms with van der Waals surface area (Å²) in [5.41, 5.74) is -1.14. The van der Waals surface area contributed by atoms with Crippen LogP contribution in [-0.2, 0) is 9.53 Å². The van der Waals surface area contributed by atoms with Crippen LogP contribution in [0.1, 0.15) is 23.0 Å². The van der Waals surface area contributed by atoms with Gasteiger partial charge in [-0.2, -0.15) is 0 Å². The summed E-state index contributed by atoms with van der Waals surface area (Å²) in [6.07, 6.45) is 0.896. The minimum absolute atomic E-state index is 0.0613. The number of hydrogen-bond acceptors (Lipinski definition) is 7. The Morgan fingerprint density at radius 2 is 1.88 bits per heavy atom. The van der Waals surface area contributed by atoms with Crippen molar-refractivity contribution in [2.75, 3.05) is 11.9 Å². The number of aromatic nitrogens is 2. The lowest BCUT2D eigenvalue weighted by Crippen LogP contribution is -2.19. The van der Waals surface area contributed by atoms with Gasteiger partial charge in [0.25, 0.3) is 0 Å². The Hall–Kier alpha value is -3.17. The molecule has 2 aromatic rings. The number of carbonyl (C=O) groups is 2. The van der Waals surface area contributed by atoms with Crippen LogP contribution < -0.4 is 5.32 Å². The molecule has 7 nitrogen and oxygen atoms in total. The minimum Gasteiger partial charge on any atom is -0.462 e. The molecule has 0 saturated carbocycles. The van der Waals surface area contributed by atoms with E-state index in [0.29, 0.717) is 11.8 Å². The minimum atomic E-state index is -1.46. The Kier molecular flexibility index (Phi) is 5.52. The molecule has 0 atom stereocenters. The van der Waals surface area contributed by atoms with E-state index in [1.165, 1.54) is 13.8 Å². The number of halogens is 3. The summed E-state index contributed by atoms with van der Waals surface area (Å²) in [4.78, 5) is 24.4. The lowest BCUT2D eigenvalue weighted by molar-refractivity contribution is -0.138. The third-order valence-electron chi connectivity index (χ3n) is 3.00. The van der Waals surface area contributed by atoms with Gasteiger partial charge in [0.15, 0.2) is 17.5 Å². The number of ether oxygens (including phenoxy) is 1. The number of nitrogens with zero attached hydrogens (tertiary/aromatic N) is 2. The quantitative estimate of drug-likeness (QED) is 0.212. The molecule has 0 bridgehead atoms. The molecular weight excluding hydrogens is 343 g/mol. The highest BCUT2D eigenvalue weighted by Crippen LogP contribution is 2.19. The van der Waals surface area contributed by atoms with Crippen LogP contribution in [0, 0.1) is 24.4 Å². The van der Waals surface area contributed by atoms with E-state index in [-0.39, 0.29) is 18.5 Å². The van der Waals surface area contributed by atoms with Crippen LogP contribution in [-0.4, -0.2) is 28.7 Å². The molecule has 2 rings (SSSR count). The van der Waals surface area contributed by atoms with E-state index in [2.05, 4.69) is 20.3 Å². The van der Waals surface area contributed by atoms with Gasteiger partial charge in [0.2, 0.25) is 5.78 Å². The molecule has 0 unspecified atom stereocenters. The molecule has 0 fully saturated rings. The SMILES string of the molecule is CCOC(=O)C(=CNc1nonc1C)C(=O)c1cc(F)c(F)cc1F. The van der Waals surface area contributed by atoms with Gasteiger partial charge >= 0.3 is 5.97 Å². The summed E-state index contributed by atoms with van der Waals surface area (Å²) in [5, 5.41) is 9.45. The van der Waals surface area contributed by atoms with Gasteiger partial charge in [-0.3, -0.25) is 4.79 Å². The van der Waals surface area contributed by atoms with Gasteiger partial charge in [-0.05, 0) is 25.1 Å². The topological polar surface area (TPSA) is 94.3 Å². The molecule has 0 spiro atoms. The largest absolute Gasteiger partial charge is 0.462 e. The molecule has 0 saturated heterocycles. The first-order chi connectivity index (χ1) is 11.8. The molecule has 0 aliphatic heterocycles. The second-order valence-electron chi connectivity index (χ2n) is 4.70. The van der Waals surface area contributed by atoms with Crippen LogP contribution in [0.3, 0.4) is 0 Å². The maximum Gasteiger partial charge on any atom is 0.343 e. The Labute approximate surface area is 139 Å². The number of Topliss-reactive ketones (excluding diaryl/α,β-unsaturated/α-hetero) is 1. The number of aryl methyl sites for hydroxylation is 1. The predicted octanol–water partition coefficient (Wildman–Crippen LogP) is 2.54. The summed E-state index contributed by atoms with van der Waals surface area (Å²) in [7, 11) is 0. The molecular formula is C15H12F3N3O4. The summed E-state index contributed by atoms with van der Waals surface area (Å²) < 4.78 is 49.3. The first kappa shape index (κ1) is 18.2. The number of hydrogen-bond donors (Lipinski definition) is 1. The summed E-state index contributed by atoms with van der Waals surface area (Å²) >= 11 is 0. The number of rotatable bonds is 6. The van der Waals surface area contributed by atoms with Gasteiger partial charge in [-0.25, -0.2) is 22.6 Å². The monoisotopic (exact) mass is 355 g/mol. The van der Waals surface area contributed by atoms with Gasteiger partial charge in [0, 0.05) is 12.3 Å². The fraction of sp³-hybridized carbons (Fsp3) is 0.200. The van der Waals surface area contributed by atoms with Crippen molar-refractivity contribution in [2.24, 2.45) is 0 Å². The number of anilines is 1. The molecule has 1 N–H and O–H groups in total. The second-order valence-corrected chi connectivity index (χ2v) is 4.70. The van der Waals surface area contributed by atoms with E-state index in [4.69, 9.17) is 4.74 Å². The molecule has 0 aliphatic rings. The third kappa shape index (κ3) is 4.03. The molecule has 1 aromatic heterocycles. The lowest BCUT2D eigenvalue weighted by Gasteiger charge is -2.08. The maximum atomic E-state index is 13.8. The average Bonchev–Trinajstić information content (AvgIpc) is 2.96. The van der Waals surface area contributed by atoms with Crippen molar-refractivity contribution in [2.45, 2.75) is 13.8 Å². The van der Waals surface area contributed by atoms with Crippen molar-refractivity contribution < 1.29 is 32.1 Å². The average molecular weight is 355 g/mol. The van der Waals surface area contributed by atoms with Crippen molar-refractivity contribution in [3.8, 4) is 0 Å². The van der Waals surface area contributed by atoms with Crippen LogP contribution in [0.2, 0.25) is 0 Å². The van der Waals surface area contributed by atoms with Gasteiger partial charge in [-0.1, -0.05) is 5.16 Å². The number of nitrogens with one attached hydrogen (secondary N) is 1. The molecule has 0 aliphatic carbocycles. The van der Waals surface area contributed by atoms with Gasteiger partial charge in [0.1, 0.15) is 17.1 Å². The van der Waals surface area contributed by atoms with Crippen LogP contribution >= 0.6 is 0 Å². The highest BCUT2D eigenvalue weighted by Gasteiger charge is 2.25. The lowest BCUT2D eigenvalue weighted by atomic mass is 10.0. The van der Waals surface area contributed by atoms with Gasteiger partial charge < -0.3 is 10.1 Å². The van der Waals surface area contributed by atoms with Crippen molar-refractivity contribution in [3.05, 3.63) is 52.6 Å². The summed E-state index contributed by atoms with van der Waals surface area (Å²) in [6.45, 7) is 2.97. The standard InChI is InChI=1S/C15H12F3N3O4/c1-3-24-15(23)9(6-19-14-7(2)20-25-21-14)13(22)8-4-11(17)12(18)5-10(8)16/h4-6H,3H2,1-2H3,(H,19,21). The van der Waals surface area contributed by atoms with Crippen molar-refractivity contribution >= 4 is 17.6 Å². The van der Waals surface area contributed by atoms with E-state index in [1.54, 1.807) is 0 Å². The van der Waals surface area contributed by atoms with E-state index >= 15 is 0 Å². The molecule has 0 radical (unpaired) electrons. The maximum absolute atomic E-state index is 13.8. The number of ketones is 1. The molecule has 1 heterocycles. The Morgan fingerprint density at radius 3 is 2.48 bits per heavy atom. The zero-order chi connectivity index (χ0) is 18.6. The summed E-state index contributed by atoms with van der Waals surface area (Å²) in [6, 6.07) is 0.577. The van der Waals surface area contributed by atoms with E-state index in [0.717, 1.165) is 6.20 Å². The van der Waals surface area contributed by atoms with Crippen LogP contribution in [0.25, 0.3) is 0 Å². The zero-order valence-corrected chi connectivity index (χ0v) is 13.1. The fourth-order valence-electron chi connectivity index (χ4n) is 1.77. The Balaban J connectivity index is 2.41. The fourth-order valence-corrected chi connectivity index (χ4v) is 1.77. The van der Waals surface area contributed by atoms with E-state index in [1.807, 2.05) is 0 Å². The van der Waals surface area contributed by atoms with E-state index < -0.39 is 40.3 Å². The smallest absolute Gasteiger partial charge is 0.343 e. The summed E-state index contributed by atoms with van der Waals surface area (Å²) in [5.74, 6) is -6.40. The first-order valence-electron chi connectivity index (χ1n) is 6.97. The Bertz CT molecular complexity index is 849. The van der Waals surface area contributed by atoms with Crippen molar-refractivity contribution in [1.29, 1.82) is 0 Å². The van der Waals surface area contributed by atoms with Gasteiger partial charge in [-0.15, -0.1) is 0 Å². The number of carbonyl (C=O) groups excluding carboxylic acids is 2. The van der Waals surface area contributed by atoms with Crippen LogP contribution in [0.5, 0.6) is 0 Å². The molecule has 10 heteroatoms. The highest BCUT2D eigenvalue weighted by atomic mass is 19.2. The molecule has 0 amide bonds. The number of benzene rings is 1. The van der Waals surface area contributed by atoms with Crippen LogP contribution in [0.4, 0.5) is 19.0 Å². The zero-order valence-electron chi connectivity index (χ0n) is 13.1. The number of esters is 1.